The molecule has 1 saturated heterocycles. The van der Waals surface area contributed by atoms with Crippen LogP contribution in [0.4, 0.5) is 0 Å². The summed E-state index contributed by atoms with van der Waals surface area (Å²) in [6.45, 7) is 8.97. The molecule has 0 amide bonds. The number of morpholine rings is 1. The molecule has 3 heteroatoms. The molecular formula is C8H15NO2. The summed E-state index contributed by atoms with van der Waals surface area (Å²) >= 11 is 0. The Hall–Kier alpha value is -0.540. The number of nitrogens with zero attached hydrogens (tertiary/aromatic N) is 1. The maximum Gasteiger partial charge on any atom is 0.0999 e. The van der Waals surface area contributed by atoms with E-state index in [4.69, 9.17) is 9.47 Å². The molecule has 1 aliphatic rings. The van der Waals surface area contributed by atoms with E-state index in [9.17, 15) is 0 Å². The Kier molecular flexibility index (Phi) is 4.01. The summed E-state index contributed by atoms with van der Waals surface area (Å²) in [4.78, 5) is 2.33. The normalized spacial score (nSPS) is 19.6. The standard InChI is InChI=1S/C8H15NO2/c1-2-10-6-3-9-4-7-11-8-5-9/h2H,1,3-8H2. The van der Waals surface area contributed by atoms with Gasteiger partial charge >= 0.3 is 0 Å². The minimum absolute atomic E-state index is 0.740. The van der Waals surface area contributed by atoms with Gasteiger partial charge in [0.25, 0.3) is 0 Å². The predicted octanol–water partition coefficient (Wildman–Crippen LogP) is 0.479. The van der Waals surface area contributed by atoms with Crippen molar-refractivity contribution in [1.82, 2.24) is 4.90 Å². The second-order valence-corrected chi connectivity index (χ2v) is 2.49. The van der Waals surface area contributed by atoms with Crippen LogP contribution >= 0.6 is 0 Å². The van der Waals surface area contributed by atoms with E-state index in [0.717, 1.165) is 39.5 Å². The van der Waals surface area contributed by atoms with E-state index in [1.807, 2.05) is 0 Å². The molecule has 0 spiro atoms. The zero-order chi connectivity index (χ0) is 7.94. The number of ether oxygens (including phenoxy) is 2. The number of hydrogen-bond acceptors (Lipinski definition) is 3. The Balaban J connectivity index is 2.00. The smallest absolute Gasteiger partial charge is 0.0999 e. The zero-order valence-electron chi connectivity index (χ0n) is 6.79. The van der Waals surface area contributed by atoms with Crippen molar-refractivity contribution in [2.45, 2.75) is 0 Å². The number of hydrogen-bond donors (Lipinski definition) is 0. The van der Waals surface area contributed by atoms with Crippen molar-refractivity contribution in [3.05, 3.63) is 12.8 Å². The molecule has 0 unspecified atom stereocenters. The van der Waals surface area contributed by atoms with Gasteiger partial charge in [-0.3, -0.25) is 4.90 Å². The van der Waals surface area contributed by atoms with Crippen molar-refractivity contribution in [1.29, 1.82) is 0 Å². The molecule has 64 valence electrons. The lowest BCUT2D eigenvalue weighted by Gasteiger charge is -2.25. The second-order valence-electron chi connectivity index (χ2n) is 2.49. The van der Waals surface area contributed by atoms with Gasteiger partial charge in [0.2, 0.25) is 0 Å². The minimum Gasteiger partial charge on any atom is -0.500 e. The Morgan fingerprint density at radius 1 is 1.45 bits per heavy atom. The predicted molar refractivity (Wildman–Crippen MR) is 43.4 cm³/mol. The summed E-state index contributed by atoms with van der Waals surface area (Å²) in [5, 5.41) is 0. The molecule has 0 bridgehead atoms. The first kappa shape index (κ1) is 8.56. The van der Waals surface area contributed by atoms with E-state index in [0.29, 0.717) is 0 Å². The fourth-order valence-electron chi connectivity index (χ4n) is 1.09. The SMILES string of the molecule is C=COCCN1CCOCC1. The van der Waals surface area contributed by atoms with Crippen molar-refractivity contribution < 1.29 is 9.47 Å². The molecule has 1 rings (SSSR count). The van der Waals surface area contributed by atoms with Gasteiger partial charge in [0.05, 0.1) is 26.1 Å². The molecule has 11 heavy (non-hydrogen) atoms. The first-order chi connectivity index (χ1) is 5.43. The second kappa shape index (κ2) is 5.16. The highest BCUT2D eigenvalue weighted by Crippen LogP contribution is 1.95. The molecule has 0 radical (unpaired) electrons. The van der Waals surface area contributed by atoms with Gasteiger partial charge in [-0.2, -0.15) is 0 Å². The van der Waals surface area contributed by atoms with Crippen LogP contribution in [0, 0.1) is 0 Å². The molecule has 0 saturated carbocycles. The van der Waals surface area contributed by atoms with E-state index in [2.05, 4.69) is 11.5 Å². The van der Waals surface area contributed by atoms with E-state index in [1.54, 1.807) is 0 Å². The summed E-state index contributed by atoms with van der Waals surface area (Å²) in [6.07, 6.45) is 1.49. The van der Waals surface area contributed by atoms with Crippen LogP contribution in [0.3, 0.4) is 0 Å². The van der Waals surface area contributed by atoms with E-state index in [-0.39, 0.29) is 0 Å². The largest absolute Gasteiger partial charge is 0.500 e. The highest BCUT2D eigenvalue weighted by atomic mass is 16.5. The summed E-state index contributed by atoms with van der Waals surface area (Å²) in [5.74, 6) is 0. The summed E-state index contributed by atoms with van der Waals surface area (Å²) in [7, 11) is 0. The van der Waals surface area contributed by atoms with Crippen LogP contribution in [-0.2, 0) is 9.47 Å². The average molecular weight is 157 g/mol. The molecule has 0 aromatic rings. The minimum atomic E-state index is 0.740. The first-order valence-corrected chi connectivity index (χ1v) is 3.96. The van der Waals surface area contributed by atoms with Gasteiger partial charge in [0, 0.05) is 19.6 Å². The maximum atomic E-state index is 5.20. The highest BCUT2D eigenvalue weighted by molar-refractivity contribution is 4.61. The van der Waals surface area contributed by atoms with Crippen molar-refractivity contribution in [2.75, 3.05) is 39.5 Å². The Morgan fingerprint density at radius 3 is 2.82 bits per heavy atom. The molecule has 0 aromatic heterocycles. The molecule has 0 aliphatic carbocycles. The molecule has 0 aromatic carbocycles. The van der Waals surface area contributed by atoms with E-state index < -0.39 is 0 Å². The van der Waals surface area contributed by atoms with Crippen molar-refractivity contribution in [3.63, 3.8) is 0 Å². The molecule has 3 nitrogen and oxygen atoms in total. The van der Waals surface area contributed by atoms with E-state index in [1.165, 1.54) is 6.26 Å². The lowest BCUT2D eigenvalue weighted by atomic mass is 10.4. The highest BCUT2D eigenvalue weighted by Gasteiger charge is 2.08. The van der Waals surface area contributed by atoms with Crippen LogP contribution in [0.25, 0.3) is 0 Å². The third-order valence-corrected chi connectivity index (χ3v) is 1.75. The maximum absolute atomic E-state index is 5.20. The average Bonchev–Trinajstić information content (AvgIpc) is 2.07. The van der Waals surface area contributed by atoms with Crippen LogP contribution in [0.2, 0.25) is 0 Å². The summed E-state index contributed by atoms with van der Waals surface area (Å²) in [5.41, 5.74) is 0. The van der Waals surface area contributed by atoms with Crippen LogP contribution in [-0.4, -0.2) is 44.4 Å². The third-order valence-electron chi connectivity index (χ3n) is 1.75. The molecule has 1 aliphatic heterocycles. The van der Waals surface area contributed by atoms with Crippen LogP contribution < -0.4 is 0 Å². The topological polar surface area (TPSA) is 21.7 Å². The quantitative estimate of drug-likeness (QED) is 0.437. The van der Waals surface area contributed by atoms with Crippen molar-refractivity contribution in [3.8, 4) is 0 Å². The first-order valence-electron chi connectivity index (χ1n) is 3.96. The van der Waals surface area contributed by atoms with Crippen molar-refractivity contribution >= 4 is 0 Å². The monoisotopic (exact) mass is 157 g/mol. The lowest BCUT2D eigenvalue weighted by molar-refractivity contribution is 0.0294. The van der Waals surface area contributed by atoms with Crippen molar-refractivity contribution in [2.24, 2.45) is 0 Å². The van der Waals surface area contributed by atoms with Gasteiger partial charge in [-0.25, -0.2) is 0 Å². The van der Waals surface area contributed by atoms with Gasteiger partial charge in [-0.1, -0.05) is 6.58 Å². The lowest BCUT2D eigenvalue weighted by Crippen LogP contribution is -2.38. The third kappa shape index (κ3) is 3.39. The van der Waals surface area contributed by atoms with Gasteiger partial charge in [-0.15, -0.1) is 0 Å². The fourth-order valence-corrected chi connectivity index (χ4v) is 1.09. The molecule has 0 atom stereocenters. The Labute approximate surface area is 67.6 Å². The summed E-state index contributed by atoms with van der Waals surface area (Å²) in [6, 6.07) is 0. The molecule has 1 heterocycles. The van der Waals surface area contributed by atoms with Gasteiger partial charge in [0.1, 0.15) is 0 Å². The Morgan fingerprint density at radius 2 is 2.18 bits per heavy atom. The zero-order valence-corrected chi connectivity index (χ0v) is 6.79. The van der Waals surface area contributed by atoms with Gasteiger partial charge in [0.15, 0.2) is 0 Å². The summed E-state index contributed by atoms with van der Waals surface area (Å²) < 4.78 is 10.2. The van der Waals surface area contributed by atoms with Gasteiger partial charge < -0.3 is 9.47 Å². The van der Waals surface area contributed by atoms with Crippen LogP contribution in [0.1, 0.15) is 0 Å². The van der Waals surface area contributed by atoms with Crippen LogP contribution in [0.5, 0.6) is 0 Å². The van der Waals surface area contributed by atoms with Crippen LogP contribution in [0.15, 0.2) is 12.8 Å². The van der Waals surface area contributed by atoms with Gasteiger partial charge in [-0.05, 0) is 0 Å². The molecule has 1 fully saturated rings. The molecule has 0 N–H and O–H groups in total. The number of rotatable bonds is 4. The fraction of sp³-hybridized carbons (Fsp3) is 0.750. The Bertz CT molecular complexity index is 111. The molecular weight excluding hydrogens is 142 g/mol. The van der Waals surface area contributed by atoms with E-state index >= 15 is 0 Å².